The summed E-state index contributed by atoms with van der Waals surface area (Å²) in [6, 6.07) is 15.4. The fourth-order valence-electron chi connectivity index (χ4n) is 5.42. The second kappa shape index (κ2) is 9.47. The molecule has 5 nitrogen and oxygen atoms in total. The van der Waals surface area contributed by atoms with Crippen molar-refractivity contribution in [3.05, 3.63) is 60.1 Å². The van der Waals surface area contributed by atoms with Gasteiger partial charge in [0.25, 0.3) is 0 Å². The van der Waals surface area contributed by atoms with Gasteiger partial charge in [-0.1, -0.05) is 36.8 Å². The Morgan fingerprint density at radius 1 is 1.03 bits per heavy atom. The summed E-state index contributed by atoms with van der Waals surface area (Å²) in [5.41, 5.74) is 2.00. The average molecular weight is 421 g/mol. The van der Waals surface area contributed by atoms with Crippen LogP contribution in [-0.4, -0.2) is 54.5 Å². The van der Waals surface area contributed by atoms with Crippen LogP contribution in [0.25, 0.3) is 0 Å². The van der Waals surface area contributed by atoms with E-state index in [1.165, 1.54) is 50.6 Å². The minimum atomic E-state index is 0.521. The number of rotatable bonds is 6. The SMILES string of the molecule is c1ccc(CN2CCC(NC(=NCCc3ccco3)N3CCC4(CCC4)C3)CC2)cc1. The summed E-state index contributed by atoms with van der Waals surface area (Å²) >= 11 is 0. The minimum absolute atomic E-state index is 0.521. The third-order valence-electron chi connectivity index (χ3n) is 7.52. The van der Waals surface area contributed by atoms with Crippen LogP contribution in [0.3, 0.4) is 0 Å². The van der Waals surface area contributed by atoms with Gasteiger partial charge in [0.1, 0.15) is 5.76 Å². The van der Waals surface area contributed by atoms with Crippen molar-refractivity contribution in [3.8, 4) is 0 Å². The Morgan fingerprint density at radius 2 is 1.87 bits per heavy atom. The molecular formula is C26H36N4O. The van der Waals surface area contributed by atoms with E-state index in [0.29, 0.717) is 11.5 Å². The van der Waals surface area contributed by atoms with Gasteiger partial charge in [-0.25, -0.2) is 0 Å². The van der Waals surface area contributed by atoms with Crippen LogP contribution < -0.4 is 5.32 Å². The van der Waals surface area contributed by atoms with Crippen LogP contribution in [-0.2, 0) is 13.0 Å². The first-order valence-corrected chi connectivity index (χ1v) is 12.1. The summed E-state index contributed by atoms with van der Waals surface area (Å²) in [6.45, 7) is 6.48. The maximum Gasteiger partial charge on any atom is 0.194 e. The lowest BCUT2D eigenvalue weighted by Crippen LogP contribution is -2.50. The fourth-order valence-corrected chi connectivity index (χ4v) is 5.42. The molecule has 31 heavy (non-hydrogen) atoms. The Labute approximate surface area is 186 Å². The first-order chi connectivity index (χ1) is 15.3. The summed E-state index contributed by atoms with van der Waals surface area (Å²) in [6.07, 6.45) is 10.5. The van der Waals surface area contributed by atoms with Gasteiger partial charge < -0.3 is 14.6 Å². The van der Waals surface area contributed by atoms with Crippen molar-refractivity contribution in [1.82, 2.24) is 15.1 Å². The number of piperidine rings is 1. The van der Waals surface area contributed by atoms with E-state index in [0.717, 1.165) is 50.9 Å². The third-order valence-corrected chi connectivity index (χ3v) is 7.52. The second-order valence-corrected chi connectivity index (χ2v) is 9.74. The van der Waals surface area contributed by atoms with E-state index < -0.39 is 0 Å². The summed E-state index contributed by atoms with van der Waals surface area (Å²) in [4.78, 5) is 10.2. The molecular weight excluding hydrogens is 384 g/mol. The van der Waals surface area contributed by atoms with Crippen molar-refractivity contribution in [1.29, 1.82) is 0 Å². The van der Waals surface area contributed by atoms with Gasteiger partial charge in [-0.3, -0.25) is 9.89 Å². The summed E-state index contributed by atoms with van der Waals surface area (Å²) < 4.78 is 5.50. The number of hydrogen-bond donors (Lipinski definition) is 1. The van der Waals surface area contributed by atoms with E-state index in [4.69, 9.17) is 9.41 Å². The van der Waals surface area contributed by atoms with Crippen molar-refractivity contribution in [3.63, 3.8) is 0 Å². The molecule has 2 saturated heterocycles. The van der Waals surface area contributed by atoms with Crippen molar-refractivity contribution in [2.45, 2.75) is 57.5 Å². The van der Waals surface area contributed by atoms with Gasteiger partial charge in [0, 0.05) is 51.7 Å². The maximum atomic E-state index is 5.50. The van der Waals surface area contributed by atoms with Crippen LogP contribution in [0, 0.1) is 5.41 Å². The molecule has 1 aromatic heterocycles. The second-order valence-electron chi connectivity index (χ2n) is 9.74. The highest BCUT2D eigenvalue weighted by molar-refractivity contribution is 5.80. The van der Waals surface area contributed by atoms with E-state index in [-0.39, 0.29) is 0 Å². The fraction of sp³-hybridized carbons (Fsp3) is 0.577. The van der Waals surface area contributed by atoms with E-state index in [2.05, 4.69) is 45.4 Å². The predicted octanol–water partition coefficient (Wildman–Crippen LogP) is 4.31. The van der Waals surface area contributed by atoms with Gasteiger partial charge in [0.05, 0.1) is 6.26 Å². The standard InChI is InChI=1S/C26H36N4O/c1-2-6-22(7-3-1)20-29-16-10-23(11-17-29)28-25(27-15-9-24-8-4-19-31-24)30-18-14-26(21-30)12-5-13-26/h1-4,6-8,19,23H,5,9-18,20-21H2,(H,27,28). The number of nitrogens with zero attached hydrogens (tertiary/aromatic N) is 3. The maximum absolute atomic E-state index is 5.50. The first-order valence-electron chi connectivity index (χ1n) is 12.1. The topological polar surface area (TPSA) is 44.0 Å². The third kappa shape index (κ3) is 5.15. The van der Waals surface area contributed by atoms with Crippen LogP contribution >= 0.6 is 0 Å². The van der Waals surface area contributed by atoms with Gasteiger partial charge in [0.2, 0.25) is 0 Å². The molecule has 1 aliphatic carbocycles. The Kier molecular flexibility index (Phi) is 6.30. The number of benzene rings is 1. The zero-order valence-corrected chi connectivity index (χ0v) is 18.6. The lowest BCUT2D eigenvalue weighted by Gasteiger charge is -2.39. The molecule has 0 bridgehead atoms. The van der Waals surface area contributed by atoms with Crippen LogP contribution in [0.4, 0.5) is 0 Å². The average Bonchev–Trinajstić information content (AvgIpc) is 3.45. The molecule has 1 N–H and O–H groups in total. The molecule has 0 atom stereocenters. The molecule has 0 amide bonds. The van der Waals surface area contributed by atoms with Gasteiger partial charge in [-0.05, 0) is 55.2 Å². The monoisotopic (exact) mass is 420 g/mol. The molecule has 2 aromatic rings. The molecule has 1 saturated carbocycles. The van der Waals surface area contributed by atoms with Crippen molar-refractivity contribution in [2.24, 2.45) is 10.4 Å². The summed E-state index contributed by atoms with van der Waals surface area (Å²) in [5, 5.41) is 3.87. The highest BCUT2D eigenvalue weighted by atomic mass is 16.3. The van der Waals surface area contributed by atoms with Crippen LogP contribution in [0.15, 0.2) is 58.1 Å². The molecule has 3 fully saturated rings. The quantitative estimate of drug-likeness (QED) is 0.559. The van der Waals surface area contributed by atoms with E-state index in [9.17, 15) is 0 Å². The number of likely N-dealkylation sites (tertiary alicyclic amines) is 2. The lowest BCUT2D eigenvalue weighted by atomic mass is 9.68. The molecule has 5 rings (SSSR count). The Bertz CT molecular complexity index is 836. The van der Waals surface area contributed by atoms with E-state index >= 15 is 0 Å². The van der Waals surface area contributed by atoms with Crippen LogP contribution in [0.2, 0.25) is 0 Å². The highest BCUT2D eigenvalue weighted by Gasteiger charge is 2.43. The van der Waals surface area contributed by atoms with Crippen molar-refractivity contribution < 1.29 is 4.42 Å². The lowest BCUT2D eigenvalue weighted by molar-refractivity contribution is 0.150. The van der Waals surface area contributed by atoms with Crippen molar-refractivity contribution in [2.75, 3.05) is 32.7 Å². The number of nitrogens with one attached hydrogen (secondary N) is 1. The molecule has 3 aliphatic rings. The number of guanidine groups is 1. The normalized spacial score (nSPS) is 22.1. The smallest absolute Gasteiger partial charge is 0.194 e. The van der Waals surface area contributed by atoms with Gasteiger partial charge in [-0.15, -0.1) is 0 Å². The molecule has 3 heterocycles. The Hall–Kier alpha value is -2.27. The predicted molar refractivity (Wildman–Crippen MR) is 125 cm³/mol. The van der Waals surface area contributed by atoms with Gasteiger partial charge in [0.15, 0.2) is 5.96 Å². The molecule has 0 radical (unpaired) electrons. The number of hydrogen-bond acceptors (Lipinski definition) is 3. The summed E-state index contributed by atoms with van der Waals surface area (Å²) in [7, 11) is 0. The summed E-state index contributed by atoms with van der Waals surface area (Å²) in [5.74, 6) is 2.16. The van der Waals surface area contributed by atoms with Gasteiger partial charge in [-0.2, -0.15) is 0 Å². The highest BCUT2D eigenvalue weighted by Crippen LogP contribution is 2.47. The molecule has 1 aromatic carbocycles. The van der Waals surface area contributed by atoms with Crippen LogP contribution in [0.1, 0.15) is 49.8 Å². The largest absolute Gasteiger partial charge is 0.469 e. The number of aliphatic imine (C=N–C) groups is 1. The zero-order valence-electron chi connectivity index (χ0n) is 18.6. The molecule has 0 unspecified atom stereocenters. The number of furan rings is 1. The molecule has 2 aliphatic heterocycles. The molecule has 5 heteroatoms. The van der Waals surface area contributed by atoms with E-state index in [1.807, 2.05) is 12.1 Å². The first kappa shape index (κ1) is 20.6. The van der Waals surface area contributed by atoms with E-state index in [1.54, 1.807) is 6.26 Å². The van der Waals surface area contributed by atoms with Crippen molar-refractivity contribution >= 4 is 5.96 Å². The minimum Gasteiger partial charge on any atom is -0.469 e. The zero-order chi connectivity index (χ0) is 20.9. The molecule has 1 spiro atoms. The Morgan fingerprint density at radius 3 is 2.55 bits per heavy atom. The Balaban J connectivity index is 1.17. The van der Waals surface area contributed by atoms with Gasteiger partial charge >= 0.3 is 0 Å². The molecule has 166 valence electrons. The van der Waals surface area contributed by atoms with Crippen LogP contribution in [0.5, 0.6) is 0 Å².